The van der Waals surface area contributed by atoms with Crippen molar-refractivity contribution in [2.45, 2.75) is 37.8 Å². The van der Waals surface area contributed by atoms with Crippen LogP contribution in [0.4, 0.5) is 0 Å². The summed E-state index contributed by atoms with van der Waals surface area (Å²) in [4.78, 5) is 21.7. The number of benzene rings is 2. The predicted molar refractivity (Wildman–Crippen MR) is 141 cm³/mol. The molecule has 1 saturated carbocycles. The minimum Gasteiger partial charge on any atom is -0.492 e. The Hall–Kier alpha value is -3.22. The molecule has 6 heteroatoms. The molecule has 1 N–H and O–H groups in total. The van der Waals surface area contributed by atoms with Gasteiger partial charge in [0.1, 0.15) is 12.4 Å². The number of likely N-dealkylation sites (N-methyl/N-ethyl adjacent to an activating group) is 1. The number of thiophene rings is 1. The first-order chi connectivity index (χ1) is 17.0. The molecule has 178 valence electrons. The van der Waals surface area contributed by atoms with Gasteiger partial charge in [0.15, 0.2) is 0 Å². The normalized spacial score (nSPS) is 18.7. The van der Waals surface area contributed by atoms with Crippen molar-refractivity contribution in [2.75, 3.05) is 20.2 Å². The minimum absolute atomic E-state index is 0.0511. The second-order valence-corrected chi connectivity index (χ2v) is 10.8. The Kier molecular flexibility index (Phi) is 5.58. The summed E-state index contributed by atoms with van der Waals surface area (Å²) < 4.78 is 6.04. The maximum atomic E-state index is 13.6. The highest BCUT2D eigenvalue weighted by Gasteiger charge is 2.47. The number of hydrogen-bond donors (Lipinski definition) is 1. The molecular weight excluding hydrogens is 454 g/mol. The van der Waals surface area contributed by atoms with Crippen LogP contribution < -0.4 is 10.1 Å². The van der Waals surface area contributed by atoms with Gasteiger partial charge in [-0.25, -0.2) is 0 Å². The molecule has 1 aliphatic heterocycles. The van der Waals surface area contributed by atoms with E-state index in [1.165, 1.54) is 4.88 Å². The quantitative estimate of drug-likeness (QED) is 0.362. The van der Waals surface area contributed by atoms with Crippen molar-refractivity contribution in [1.82, 2.24) is 15.2 Å². The number of carbonyl (C=O) groups is 1. The molecule has 5 nitrogen and oxygen atoms in total. The zero-order chi connectivity index (χ0) is 24.0. The predicted octanol–water partition coefficient (Wildman–Crippen LogP) is 5.77. The van der Waals surface area contributed by atoms with Crippen LogP contribution in [-0.4, -0.2) is 42.0 Å². The third kappa shape index (κ3) is 4.21. The van der Waals surface area contributed by atoms with Gasteiger partial charge in [0.25, 0.3) is 5.91 Å². The smallest absolute Gasteiger partial charge is 0.252 e. The molecule has 1 aliphatic carbocycles. The number of pyridine rings is 1. The molecule has 0 unspecified atom stereocenters. The Labute approximate surface area is 209 Å². The number of likely N-dealkylation sites (tertiary alicyclic amines) is 1. The van der Waals surface area contributed by atoms with Crippen LogP contribution in [0, 0.1) is 6.92 Å². The molecule has 0 bridgehead atoms. The van der Waals surface area contributed by atoms with Gasteiger partial charge in [-0.3, -0.25) is 14.7 Å². The number of rotatable bonds is 7. The molecular formula is C29H29N3O2S. The number of carbonyl (C=O) groups excluding carboxylic acids is 1. The lowest BCUT2D eigenvalue weighted by atomic mass is 9.95. The number of aromatic nitrogens is 1. The van der Waals surface area contributed by atoms with Crippen LogP contribution in [0.5, 0.6) is 5.75 Å². The van der Waals surface area contributed by atoms with Gasteiger partial charge in [-0.05, 0) is 98.2 Å². The van der Waals surface area contributed by atoms with Crippen LogP contribution in [0.1, 0.15) is 40.7 Å². The molecule has 2 aromatic carbocycles. The summed E-state index contributed by atoms with van der Waals surface area (Å²) in [5, 5.41) is 6.59. The average molecular weight is 484 g/mol. The number of fused-ring (bicyclic) bond motifs is 1. The molecule has 0 radical (unpaired) electrons. The number of ether oxygens (including phenoxy) is 1. The molecule has 1 saturated heterocycles. The number of hydrogen-bond acceptors (Lipinski definition) is 5. The van der Waals surface area contributed by atoms with Crippen molar-refractivity contribution < 1.29 is 9.53 Å². The summed E-state index contributed by atoms with van der Waals surface area (Å²) in [5.74, 6) is 0.699. The van der Waals surface area contributed by atoms with E-state index in [1.54, 1.807) is 11.3 Å². The van der Waals surface area contributed by atoms with Gasteiger partial charge < -0.3 is 10.1 Å². The fourth-order valence-corrected chi connectivity index (χ4v) is 5.66. The second kappa shape index (κ2) is 8.77. The van der Waals surface area contributed by atoms with Crippen molar-refractivity contribution in [3.05, 3.63) is 82.9 Å². The first-order valence-electron chi connectivity index (χ1n) is 12.2. The molecule has 2 aliphatic rings. The Bertz CT molecular complexity index is 1390. The van der Waals surface area contributed by atoms with E-state index in [0.29, 0.717) is 18.2 Å². The molecule has 3 heterocycles. The van der Waals surface area contributed by atoms with Gasteiger partial charge >= 0.3 is 0 Å². The molecule has 35 heavy (non-hydrogen) atoms. The Morgan fingerprint density at radius 3 is 2.80 bits per heavy atom. The van der Waals surface area contributed by atoms with Gasteiger partial charge in [0, 0.05) is 28.1 Å². The van der Waals surface area contributed by atoms with Crippen LogP contribution in [0.3, 0.4) is 0 Å². The summed E-state index contributed by atoms with van der Waals surface area (Å²) in [6.45, 7) is 3.75. The number of amides is 1. The average Bonchev–Trinajstić information content (AvgIpc) is 3.42. The van der Waals surface area contributed by atoms with E-state index >= 15 is 0 Å². The summed E-state index contributed by atoms with van der Waals surface area (Å²) in [6.07, 6.45) is 4.82. The molecule has 0 spiro atoms. The minimum atomic E-state index is -0.371. The molecule has 1 atom stereocenters. The first-order valence-corrected chi connectivity index (χ1v) is 13.1. The zero-order valence-corrected chi connectivity index (χ0v) is 20.9. The topological polar surface area (TPSA) is 54.5 Å². The lowest BCUT2D eigenvalue weighted by molar-refractivity contribution is 0.0767. The van der Waals surface area contributed by atoms with Crippen molar-refractivity contribution in [3.8, 4) is 16.2 Å². The molecule has 2 aromatic heterocycles. The van der Waals surface area contributed by atoms with E-state index in [0.717, 1.165) is 59.2 Å². The highest BCUT2D eigenvalue weighted by molar-refractivity contribution is 7.13. The molecule has 1 amide bonds. The maximum Gasteiger partial charge on any atom is 0.252 e. The maximum absolute atomic E-state index is 13.6. The van der Waals surface area contributed by atoms with E-state index < -0.39 is 0 Å². The summed E-state index contributed by atoms with van der Waals surface area (Å²) in [5.41, 5.74) is 4.51. The standard InChI is InChI=1S/C29H29N3O2S/c1-19-7-8-22(34-18-21-9-13-32(21)2)17-24(19)28(33)31-29(10-11-29)25-15-20(27-6-4-14-35-27)16-26-23(25)5-3-12-30-26/h3-8,12,14-17,21H,9-11,13,18H2,1-2H3,(H,31,33)/t21-/m0/s1. The summed E-state index contributed by atoms with van der Waals surface area (Å²) in [6, 6.07) is 19.0. The molecule has 4 aromatic rings. The Morgan fingerprint density at radius 2 is 2.09 bits per heavy atom. The highest BCUT2D eigenvalue weighted by atomic mass is 32.1. The van der Waals surface area contributed by atoms with Gasteiger partial charge in [-0.2, -0.15) is 0 Å². The van der Waals surface area contributed by atoms with Crippen molar-refractivity contribution in [2.24, 2.45) is 0 Å². The van der Waals surface area contributed by atoms with E-state index in [9.17, 15) is 4.79 Å². The van der Waals surface area contributed by atoms with Gasteiger partial charge in [-0.15, -0.1) is 11.3 Å². The van der Waals surface area contributed by atoms with E-state index in [2.05, 4.69) is 58.0 Å². The second-order valence-electron chi connectivity index (χ2n) is 9.82. The van der Waals surface area contributed by atoms with Crippen molar-refractivity contribution in [1.29, 1.82) is 0 Å². The van der Waals surface area contributed by atoms with E-state index in [-0.39, 0.29) is 11.4 Å². The van der Waals surface area contributed by atoms with Gasteiger partial charge in [0.05, 0.1) is 11.1 Å². The third-order valence-electron chi connectivity index (χ3n) is 7.48. The zero-order valence-electron chi connectivity index (χ0n) is 20.1. The van der Waals surface area contributed by atoms with Crippen LogP contribution >= 0.6 is 11.3 Å². The van der Waals surface area contributed by atoms with Gasteiger partial charge in [-0.1, -0.05) is 18.2 Å². The number of nitrogens with one attached hydrogen (secondary N) is 1. The molecule has 6 rings (SSSR count). The summed E-state index contributed by atoms with van der Waals surface area (Å²) in [7, 11) is 2.12. The van der Waals surface area contributed by atoms with Crippen LogP contribution in [0.15, 0.2) is 66.2 Å². The van der Waals surface area contributed by atoms with Crippen LogP contribution in [-0.2, 0) is 5.54 Å². The largest absolute Gasteiger partial charge is 0.492 e. The summed E-state index contributed by atoms with van der Waals surface area (Å²) >= 11 is 1.72. The SMILES string of the molecule is Cc1ccc(OC[C@@H]2CCN2C)cc1C(=O)NC1(c2cc(-c3cccs3)cc3ncccc23)CC1. The van der Waals surface area contributed by atoms with Crippen LogP contribution in [0.2, 0.25) is 0 Å². The van der Waals surface area contributed by atoms with E-state index in [4.69, 9.17) is 4.74 Å². The lowest BCUT2D eigenvalue weighted by Crippen LogP contribution is -2.48. The monoisotopic (exact) mass is 483 g/mol. The number of nitrogens with zero attached hydrogens (tertiary/aromatic N) is 2. The first kappa shape index (κ1) is 22.3. The fourth-order valence-electron chi connectivity index (χ4n) is 4.94. The lowest BCUT2D eigenvalue weighted by Gasteiger charge is -2.37. The molecule has 2 fully saturated rings. The fraction of sp³-hybridized carbons (Fsp3) is 0.310. The van der Waals surface area contributed by atoms with Crippen molar-refractivity contribution in [3.63, 3.8) is 0 Å². The highest BCUT2D eigenvalue weighted by Crippen LogP contribution is 2.49. The van der Waals surface area contributed by atoms with Crippen LogP contribution in [0.25, 0.3) is 21.3 Å². The Morgan fingerprint density at radius 1 is 1.20 bits per heavy atom. The number of aryl methyl sites for hydroxylation is 1. The third-order valence-corrected chi connectivity index (χ3v) is 8.40. The van der Waals surface area contributed by atoms with Gasteiger partial charge in [0.2, 0.25) is 0 Å². The van der Waals surface area contributed by atoms with E-state index in [1.807, 2.05) is 37.4 Å². The van der Waals surface area contributed by atoms with Crippen molar-refractivity contribution >= 4 is 28.1 Å². The Balaban J connectivity index is 1.29.